The number of aryl methyl sites for hydroxylation is 1. The molecule has 42 heavy (non-hydrogen) atoms. The van der Waals surface area contributed by atoms with E-state index in [2.05, 4.69) is 25.1 Å². The molecule has 3 amide bonds. The van der Waals surface area contributed by atoms with Crippen molar-refractivity contribution in [1.82, 2.24) is 24.7 Å². The van der Waals surface area contributed by atoms with E-state index in [1.54, 1.807) is 43.2 Å². The van der Waals surface area contributed by atoms with E-state index >= 15 is 0 Å². The maximum atomic E-state index is 13.4. The number of piperazine rings is 1. The standard InChI is InChI=1S/C29H35N7O5S/c1-19-26(42-33-32-19)27(37)31-22-17-20(28(38)35-11-4-9-30-10-12-35)5-7-23(22)34-13-15-36(16-14-34)29(39)21-6-8-24(40-2)25(18-21)41-3/h5-8,17-18,30H,4,9-16H2,1-3H3,(H,31,37). The van der Waals surface area contributed by atoms with Crippen molar-refractivity contribution in [3.63, 3.8) is 0 Å². The number of anilines is 2. The van der Waals surface area contributed by atoms with Crippen molar-refractivity contribution < 1.29 is 23.9 Å². The number of nitrogens with zero attached hydrogens (tertiary/aromatic N) is 5. The highest BCUT2D eigenvalue weighted by molar-refractivity contribution is 7.08. The minimum atomic E-state index is -0.324. The first-order valence-electron chi connectivity index (χ1n) is 13.9. The molecular formula is C29H35N7O5S. The molecule has 5 rings (SSSR count). The maximum Gasteiger partial charge on any atom is 0.269 e. The molecule has 2 aliphatic rings. The van der Waals surface area contributed by atoms with Gasteiger partial charge in [0.25, 0.3) is 17.7 Å². The summed E-state index contributed by atoms with van der Waals surface area (Å²) in [5.41, 5.74) is 2.90. The average molecular weight is 594 g/mol. The van der Waals surface area contributed by atoms with E-state index in [9.17, 15) is 14.4 Å². The molecule has 0 saturated carbocycles. The van der Waals surface area contributed by atoms with Crippen LogP contribution in [0.3, 0.4) is 0 Å². The molecule has 2 saturated heterocycles. The highest BCUT2D eigenvalue weighted by atomic mass is 32.1. The van der Waals surface area contributed by atoms with Gasteiger partial charge in [-0.25, -0.2) is 0 Å². The number of rotatable bonds is 7. The number of amides is 3. The lowest BCUT2D eigenvalue weighted by molar-refractivity contribution is 0.0743. The summed E-state index contributed by atoms with van der Waals surface area (Å²) in [6.45, 7) is 6.74. The van der Waals surface area contributed by atoms with Gasteiger partial charge in [0.15, 0.2) is 11.5 Å². The van der Waals surface area contributed by atoms with Crippen LogP contribution in [0.1, 0.15) is 42.5 Å². The molecule has 2 aliphatic heterocycles. The summed E-state index contributed by atoms with van der Waals surface area (Å²) in [5.74, 6) is 0.577. The number of hydrogen-bond donors (Lipinski definition) is 2. The quantitative estimate of drug-likeness (QED) is 0.425. The number of aromatic nitrogens is 2. The Balaban J connectivity index is 1.35. The number of hydrogen-bond acceptors (Lipinski definition) is 10. The summed E-state index contributed by atoms with van der Waals surface area (Å²) in [6.07, 6.45) is 0.886. The summed E-state index contributed by atoms with van der Waals surface area (Å²) in [6, 6.07) is 10.6. The Labute approximate surface area is 248 Å². The Kier molecular flexibility index (Phi) is 9.18. The van der Waals surface area contributed by atoms with Crippen molar-refractivity contribution in [3.8, 4) is 11.5 Å². The highest BCUT2D eigenvalue weighted by Gasteiger charge is 2.27. The van der Waals surface area contributed by atoms with E-state index in [1.165, 1.54) is 7.11 Å². The van der Waals surface area contributed by atoms with Crippen molar-refractivity contribution in [2.24, 2.45) is 0 Å². The normalized spacial score (nSPS) is 15.6. The first-order valence-corrected chi connectivity index (χ1v) is 14.7. The highest BCUT2D eigenvalue weighted by Crippen LogP contribution is 2.31. The van der Waals surface area contributed by atoms with Crippen LogP contribution in [0.2, 0.25) is 0 Å². The number of ether oxygens (including phenoxy) is 2. The third-order valence-electron chi connectivity index (χ3n) is 7.51. The summed E-state index contributed by atoms with van der Waals surface area (Å²) in [7, 11) is 3.09. The Hall–Kier alpha value is -4.23. The molecule has 0 radical (unpaired) electrons. The number of nitrogens with one attached hydrogen (secondary N) is 2. The van der Waals surface area contributed by atoms with Gasteiger partial charge in [0.2, 0.25) is 0 Å². The van der Waals surface area contributed by atoms with Crippen molar-refractivity contribution in [1.29, 1.82) is 0 Å². The van der Waals surface area contributed by atoms with Crippen LogP contribution in [-0.2, 0) is 0 Å². The van der Waals surface area contributed by atoms with Crippen LogP contribution >= 0.6 is 11.5 Å². The van der Waals surface area contributed by atoms with Gasteiger partial charge in [-0.1, -0.05) is 4.49 Å². The van der Waals surface area contributed by atoms with E-state index in [0.717, 1.165) is 36.7 Å². The number of benzene rings is 2. The van der Waals surface area contributed by atoms with Gasteiger partial charge in [-0.2, -0.15) is 0 Å². The summed E-state index contributed by atoms with van der Waals surface area (Å²) >= 11 is 1.03. The SMILES string of the molecule is COc1ccc(C(=O)N2CCN(c3ccc(C(=O)N4CCCNCC4)cc3NC(=O)c3snnc3C)CC2)cc1OC. The largest absolute Gasteiger partial charge is 0.493 e. The van der Waals surface area contributed by atoms with Crippen molar-refractivity contribution in [3.05, 3.63) is 58.1 Å². The molecule has 3 aromatic rings. The fraction of sp³-hybridized carbons (Fsp3) is 0.414. The summed E-state index contributed by atoms with van der Waals surface area (Å²) < 4.78 is 14.5. The molecule has 0 bridgehead atoms. The zero-order chi connectivity index (χ0) is 29.6. The Morgan fingerprint density at radius 1 is 0.857 bits per heavy atom. The first kappa shape index (κ1) is 29.3. The third-order valence-corrected chi connectivity index (χ3v) is 8.34. The summed E-state index contributed by atoms with van der Waals surface area (Å²) in [5, 5.41) is 10.3. The lowest BCUT2D eigenvalue weighted by Gasteiger charge is -2.37. The minimum Gasteiger partial charge on any atom is -0.493 e. The van der Waals surface area contributed by atoms with Gasteiger partial charge in [-0.15, -0.1) is 5.10 Å². The fourth-order valence-corrected chi connectivity index (χ4v) is 5.75. The second kappa shape index (κ2) is 13.2. The van der Waals surface area contributed by atoms with Crippen LogP contribution in [0.25, 0.3) is 0 Å². The predicted molar refractivity (Wildman–Crippen MR) is 160 cm³/mol. The zero-order valence-corrected chi connectivity index (χ0v) is 24.8. The molecule has 0 atom stereocenters. The summed E-state index contributed by atoms with van der Waals surface area (Å²) in [4.78, 5) is 46.0. The van der Waals surface area contributed by atoms with E-state index in [1.807, 2.05) is 17.0 Å². The Morgan fingerprint density at radius 2 is 1.55 bits per heavy atom. The molecular weight excluding hydrogens is 558 g/mol. The molecule has 2 N–H and O–H groups in total. The Morgan fingerprint density at radius 3 is 2.24 bits per heavy atom. The van der Waals surface area contributed by atoms with Crippen LogP contribution in [-0.4, -0.2) is 104 Å². The number of carbonyl (C=O) groups is 3. The molecule has 2 fully saturated rings. The van der Waals surface area contributed by atoms with E-state index in [4.69, 9.17) is 9.47 Å². The molecule has 0 aliphatic carbocycles. The van der Waals surface area contributed by atoms with Crippen molar-refractivity contribution in [2.45, 2.75) is 13.3 Å². The lowest BCUT2D eigenvalue weighted by Crippen LogP contribution is -2.49. The molecule has 12 nitrogen and oxygen atoms in total. The average Bonchev–Trinajstić information content (AvgIpc) is 3.27. The van der Waals surface area contributed by atoms with Gasteiger partial charge in [0, 0.05) is 56.9 Å². The molecule has 2 aromatic carbocycles. The van der Waals surface area contributed by atoms with Gasteiger partial charge in [0.05, 0.1) is 31.3 Å². The lowest BCUT2D eigenvalue weighted by atomic mass is 10.1. The molecule has 0 unspecified atom stereocenters. The van der Waals surface area contributed by atoms with E-state index in [-0.39, 0.29) is 17.7 Å². The van der Waals surface area contributed by atoms with Crippen LogP contribution in [0.4, 0.5) is 11.4 Å². The maximum absolute atomic E-state index is 13.4. The Bertz CT molecular complexity index is 1450. The molecule has 3 heterocycles. The van der Waals surface area contributed by atoms with Gasteiger partial charge < -0.3 is 34.8 Å². The van der Waals surface area contributed by atoms with Gasteiger partial charge in [-0.3, -0.25) is 14.4 Å². The molecule has 222 valence electrons. The first-order chi connectivity index (χ1) is 20.4. The fourth-order valence-electron chi connectivity index (χ4n) is 5.20. The minimum absolute atomic E-state index is 0.0678. The van der Waals surface area contributed by atoms with Gasteiger partial charge in [0.1, 0.15) is 4.88 Å². The van der Waals surface area contributed by atoms with E-state index in [0.29, 0.717) is 78.2 Å². The second-order valence-corrected chi connectivity index (χ2v) is 10.9. The molecule has 0 spiro atoms. The molecule has 1 aromatic heterocycles. The predicted octanol–water partition coefficient (Wildman–Crippen LogP) is 2.51. The van der Waals surface area contributed by atoms with Crippen molar-refractivity contribution >= 4 is 40.6 Å². The van der Waals surface area contributed by atoms with Gasteiger partial charge >= 0.3 is 0 Å². The topological polar surface area (TPSA) is 129 Å². The zero-order valence-electron chi connectivity index (χ0n) is 24.0. The van der Waals surface area contributed by atoms with Crippen molar-refractivity contribution in [2.75, 3.05) is 76.8 Å². The third kappa shape index (κ3) is 6.31. The number of methoxy groups -OCH3 is 2. The molecule has 13 heteroatoms. The second-order valence-electron chi connectivity index (χ2n) is 10.1. The van der Waals surface area contributed by atoms with Crippen LogP contribution in [0.5, 0.6) is 11.5 Å². The smallest absolute Gasteiger partial charge is 0.269 e. The number of carbonyl (C=O) groups excluding carboxylic acids is 3. The van der Waals surface area contributed by atoms with Gasteiger partial charge in [-0.05, 0) is 67.8 Å². The van der Waals surface area contributed by atoms with Crippen LogP contribution in [0, 0.1) is 6.92 Å². The van der Waals surface area contributed by atoms with E-state index < -0.39 is 0 Å². The van der Waals surface area contributed by atoms with Crippen LogP contribution < -0.4 is 25.0 Å². The monoisotopic (exact) mass is 593 g/mol. The van der Waals surface area contributed by atoms with Crippen LogP contribution in [0.15, 0.2) is 36.4 Å².